The minimum atomic E-state index is 0.620. The lowest BCUT2D eigenvalue weighted by atomic mass is 10.1. The van der Waals surface area contributed by atoms with Crippen molar-refractivity contribution < 1.29 is 0 Å². The summed E-state index contributed by atoms with van der Waals surface area (Å²) in [5.41, 5.74) is 2.96. The number of hydrogen-bond donors (Lipinski definition) is 1. The number of nitrogens with one attached hydrogen (secondary N) is 1. The monoisotopic (exact) mass is 274 g/mol. The van der Waals surface area contributed by atoms with Crippen LogP contribution >= 0.6 is 0 Å². The van der Waals surface area contributed by atoms with Crippen LogP contribution in [0.15, 0.2) is 24.3 Å². The lowest BCUT2D eigenvalue weighted by Gasteiger charge is -2.30. The zero-order chi connectivity index (χ0) is 14.5. The Labute approximate surface area is 124 Å². The molecule has 1 fully saturated rings. The van der Waals surface area contributed by atoms with Gasteiger partial charge in [0.25, 0.3) is 0 Å². The van der Waals surface area contributed by atoms with Crippen LogP contribution in [0.1, 0.15) is 57.6 Å². The Hall–Kier alpha value is -0.860. The molecular formula is C18H30N2. The fraction of sp³-hybridized carbons (Fsp3) is 0.667. The first-order valence-corrected chi connectivity index (χ1v) is 8.13. The maximum absolute atomic E-state index is 3.59. The molecule has 0 atom stereocenters. The van der Waals surface area contributed by atoms with Gasteiger partial charge in [-0.15, -0.1) is 0 Å². The van der Waals surface area contributed by atoms with E-state index < -0.39 is 0 Å². The van der Waals surface area contributed by atoms with Gasteiger partial charge in [0.15, 0.2) is 0 Å². The van der Waals surface area contributed by atoms with Crippen LogP contribution in [0, 0.1) is 0 Å². The van der Waals surface area contributed by atoms with E-state index in [0.717, 1.165) is 25.6 Å². The molecule has 1 aromatic rings. The summed E-state index contributed by atoms with van der Waals surface area (Å²) in [4.78, 5) is 2.54. The van der Waals surface area contributed by atoms with Crippen LogP contribution in [0.2, 0.25) is 0 Å². The molecule has 0 aromatic heterocycles. The SMILES string of the molecule is CC(C)N(CCNCc1cccc(C2CC2)c1)C(C)C. The quantitative estimate of drug-likeness (QED) is 0.726. The summed E-state index contributed by atoms with van der Waals surface area (Å²) in [5, 5.41) is 3.59. The van der Waals surface area contributed by atoms with Crippen LogP contribution in [0.4, 0.5) is 0 Å². The fourth-order valence-electron chi connectivity index (χ4n) is 2.93. The van der Waals surface area contributed by atoms with E-state index in [0.29, 0.717) is 12.1 Å². The van der Waals surface area contributed by atoms with Crippen LogP contribution < -0.4 is 5.32 Å². The van der Waals surface area contributed by atoms with Crippen molar-refractivity contribution in [3.8, 4) is 0 Å². The van der Waals surface area contributed by atoms with Gasteiger partial charge in [-0.3, -0.25) is 4.90 Å². The second kappa shape index (κ2) is 7.24. The molecule has 20 heavy (non-hydrogen) atoms. The summed E-state index contributed by atoms with van der Waals surface area (Å²) >= 11 is 0. The largest absolute Gasteiger partial charge is 0.311 e. The van der Waals surface area contributed by atoms with Gasteiger partial charge >= 0.3 is 0 Å². The van der Waals surface area contributed by atoms with Gasteiger partial charge < -0.3 is 5.32 Å². The topological polar surface area (TPSA) is 15.3 Å². The van der Waals surface area contributed by atoms with E-state index in [-0.39, 0.29) is 0 Å². The Morgan fingerprint density at radius 3 is 2.45 bits per heavy atom. The Bertz CT molecular complexity index is 400. The number of hydrogen-bond acceptors (Lipinski definition) is 2. The summed E-state index contributed by atoms with van der Waals surface area (Å²) in [6, 6.07) is 10.3. The Morgan fingerprint density at radius 2 is 1.85 bits per heavy atom. The molecule has 0 unspecified atom stereocenters. The molecule has 0 saturated heterocycles. The number of nitrogens with zero attached hydrogens (tertiary/aromatic N) is 1. The van der Waals surface area contributed by atoms with Crippen LogP contribution in [0.5, 0.6) is 0 Å². The maximum atomic E-state index is 3.59. The molecule has 0 spiro atoms. The Morgan fingerprint density at radius 1 is 1.15 bits per heavy atom. The predicted octanol–water partition coefficient (Wildman–Crippen LogP) is 3.77. The lowest BCUT2D eigenvalue weighted by Crippen LogP contribution is -2.41. The fourth-order valence-corrected chi connectivity index (χ4v) is 2.93. The van der Waals surface area contributed by atoms with Crippen LogP contribution in [-0.2, 0) is 6.54 Å². The summed E-state index contributed by atoms with van der Waals surface area (Å²) in [5.74, 6) is 0.854. The van der Waals surface area contributed by atoms with Crippen molar-refractivity contribution in [2.24, 2.45) is 0 Å². The van der Waals surface area contributed by atoms with Gasteiger partial charge in [0, 0.05) is 31.7 Å². The van der Waals surface area contributed by atoms with Crippen LogP contribution in [-0.4, -0.2) is 30.1 Å². The standard InChI is InChI=1S/C18H30N2/c1-14(2)20(15(3)4)11-10-19-13-16-6-5-7-18(12-16)17-8-9-17/h5-7,12,14-15,17,19H,8-11,13H2,1-4H3. The molecule has 1 aliphatic carbocycles. The molecule has 0 heterocycles. The first kappa shape index (κ1) is 15.5. The normalized spacial score (nSPS) is 15.6. The first-order valence-electron chi connectivity index (χ1n) is 8.13. The van der Waals surface area contributed by atoms with E-state index >= 15 is 0 Å². The molecule has 2 nitrogen and oxygen atoms in total. The van der Waals surface area contributed by atoms with Gasteiger partial charge in [-0.2, -0.15) is 0 Å². The van der Waals surface area contributed by atoms with E-state index in [2.05, 4.69) is 62.2 Å². The van der Waals surface area contributed by atoms with Crippen molar-refractivity contribution in [1.82, 2.24) is 10.2 Å². The smallest absolute Gasteiger partial charge is 0.0206 e. The second-order valence-corrected chi connectivity index (χ2v) is 6.62. The van der Waals surface area contributed by atoms with Crippen LogP contribution in [0.25, 0.3) is 0 Å². The summed E-state index contributed by atoms with van der Waals surface area (Å²) < 4.78 is 0. The number of benzene rings is 1. The predicted molar refractivity (Wildman–Crippen MR) is 87.1 cm³/mol. The maximum Gasteiger partial charge on any atom is 0.0206 e. The molecule has 2 rings (SSSR count). The summed E-state index contributed by atoms with van der Waals surface area (Å²) in [6.07, 6.45) is 2.77. The third kappa shape index (κ3) is 4.60. The Kier molecular flexibility index (Phi) is 5.62. The van der Waals surface area contributed by atoms with E-state index in [4.69, 9.17) is 0 Å². The highest BCUT2D eigenvalue weighted by atomic mass is 15.2. The zero-order valence-electron chi connectivity index (χ0n) is 13.5. The highest BCUT2D eigenvalue weighted by molar-refractivity contribution is 5.29. The average Bonchev–Trinajstić information content (AvgIpc) is 3.22. The third-order valence-electron chi connectivity index (χ3n) is 4.20. The molecular weight excluding hydrogens is 244 g/mol. The second-order valence-electron chi connectivity index (χ2n) is 6.62. The van der Waals surface area contributed by atoms with Crippen molar-refractivity contribution in [1.29, 1.82) is 0 Å². The average molecular weight is 274 g/mol. The van der Waals surface area contributed by atoms with Gasteiger partial charge in [0.05, 0.1) is 0 Å². The molecule has 0 bridgehead atoms. The van der Waals surface area contributed by atoms with Crippen molar-refractivity contribution in [2.75, 3.05) is 13.1 Å². The molecule has 1 saturated carbocycles. The molecule has 0 amide bonds. The zero-order valence-corrected chi connectivity index (χ0v) is 13.5. The lowest BCUT2D eigenvalue weighted by molar-refractivity contribution is 0.176. The molecule has 0 radical (unpaired) electrons. The van der Waals surface area contributed by atoms with E-state index in [9.17, 15) is 0 Å². The number of rotatable bonds is 8. The minimum Gasteiger partial charge on any atom is -0.311 e. The van der Waals surface area contributed by atoms with Crippen molar-refractivity contribution in [2.45, 2.75) is 65.1 Å². The van der Waals surface area contributed by atoms with E-state index in [1.54, 1.807) is 0 Å². The first-order chi connectivity index (χ1) is 9.58. The van der Waals surface area contributed by atoms with Crippen molar-refractivity contribution >= 4 is 0 Å². The van der Waals surface area contributed by atoms with Gasteiger partial charge in [0.2, 0.25) is 0 Å². The van der Waals surface area contributed by atoms with Crippen molar-refractivity contribution in [3.63, 3.8) is 0 Å². The van der Waals surface area contributed by atoms with Crippen LogP contribution in [0.3, 0.4) is 0 Å². The third-order valence-corrected chi connectivity index (χ3v) is 4.20. The molecule has 1 aliphatic rings. The molecule has 1 aromatic carbocycles. The van der Waals surface area contributed by atoms with E-state index in [1.807, 2.05) is 0 Å². The van der Waals surface area contributed by atoms with Crippen molar-refractivity contribution in [3.05, 3.63) is 35.4 Å². The molecule has 2 heteroatoms. The highest BCUT2D eigenvalue weighted by Crippen LogP contribution is 2.40. The summed E-state index contributed by atoms with van der Waals surface area (Å²) in [7, 11) is 0. The molecule has 1 N–H and O–H groups in total. The van der Waals surface area contributed by atoms with Gasteiger partial charge in [-0.25, -0.2) is 0 Å². The van der Waals surface area contributed by atoms with Gasteiger partial charge in [-0.05, 0) is 57.6 Å². The van der Waals surface area contributed by atoms with E-state index in [1.165, 1.54) is 24.0 Å². The summed E-state index contributed by atoms with van der Waals surface area (Å²) in [6.45, 7) is 12.3. The van der Waals surface area contributed by atoms with Gasteiger partial charge in [-0.1, -0.05) is 24.3 Å². The van der Waals surface area contributed by atoms with Gasteiger partial charge in [0.1, 0.15) is 0 Å². The Balaban J connectivity index is 1.74. The highest BCUT2D eigenvalue weighted by Gasteiger charge is 2.23. The molecule has 112 valence electrons. The minimum absolute atomic E-state index is 0.620. The molecule has 0 aliphatic heterocycles.